The molecule has 0 amide bonds. The van der Waals surface area contributed by atoms with Crippen LogP contribution in [0.15, 0.2) is 66.7 Å². The number of nitrogens with zero attached hydrogens (tertiary/aromatic N) is 2. The van der Waals surface area contributed by atoms with Crippen LogP contribution in [0.25, 0.3) is 0 Å². The number of carbonyl (C=O) groups is 1. The fourth-order valence-corrected chi connectivity index (χ4v) is 5.70. The molecule has 5 heteroatoms. The Kier molecular flexibility index (Phi) is 8.65. The van der Waals surface area contributed by atoms with E-state index in [4.69, 9.17) is 9.47 Å². The summed E-state index contributed by atoms with van der Waals surface area (Å²) in [5.74, 6) is 1.54. The first-order valence-corrected chi connectivity index (χ1v) is 14.4. The molecule has 1 aliphatic rings. The molecule has 1 aliphatic heterocycles. The van der Waals surface area contributed by atoms with E-state index in [-0.39, 0.29) is 16.8 Å². The number of likely N-dealkylation sites (tertiary alicyclic amines) is 1. The highest BCUT2D eigenvalue weighted by molar-refractivity contribution is 5.92. The number of rotatable bonds is 6. The van der Waals surface area contributed by atoms with Gasteiger partial charge in [0.1, 0.15) is 11.5 Å². The van der Waals surface area contributed by atoms with Crippen molar-refractivity contribution in [1.82, 2.24) is 4.90 Å². The maximum atomic E-state index is 13.6. The number of hydrogen-bond acceptors (Lipinski definition) is 5. The van der Waals surface area contributed by atoms with Crippen LogP contribution in [0.3, 0.4) is 0 Å². The molecule has 0 radical (unpaired) electrons. The van der Waals surface area contributed by atoms with E-state index in [2.05, 4.69) is 108 Å². The van der Waals surface area contributed by atoms with Crippen LogP contribution in [0, 0.1) is 5.92 Å². The van der Waals surface area contributed by atoms with Crippen molar-refractivity contribution in [3.63, 3.8) is 0 Å². The molecule has 4 rings (SSSR count). The molecule has 214 valence electrons. The van der Waals surface area contributed by atoms with Crippen molar-refractivity contribution in [2.24, 2.45) is 5.92 Å². The first kappa shape index (κ1) is 29.7. The summed E-state index contributed by atoms with van der Waals surface area (Å²) in [5.41, 5.74) is 4.20. The van der Waals surface area contributed by atoms with Crippen LogP contribution in [-0.2, 0) is 10.8 Å². The number of carbonyl (C=O) groups excluding carboxylic acids is 1. The van der Waals surface area contributed by atoms with E-state index in [1.54, 1.807) is 7.11 Å². The van der Waals surface area contributed by atoms with Crippen molar-refractivity contribution < 1.29 is 14.3 Å². The second-order valence-corrected chi connectivity index (χ2v) is 13.3. The highest BCUT2D eigenvalue weighted by Crippen LogP contribution is 2.43. The van der Waals surface area contributed by atoms with E-state index in [1.807, 2.05) is 24.3 Å². The Hall–Kier alpha value is -3.31. The minimum atomic E-state index is -0.355. The van der Waals surface area contributed by atoms with Crippen LogP contribution in [0.5, 0.6) is 11.5 Å². The molecule has 0 saturated carbocycles. The lowest BCUT2D eigenvalue weighted by Crippen LogP contribution is -2.47. The van der Waals surface area contributed by atoms with Gasteiger partial charge in [0, 0.05) is 35.1 Å². The average Bonchev–Trinajstić information content (AvgIpc) is 2.90. The molecule has 1 heterocycles. The minimum absolute atomic E-state index is 0.241. The van der Waals surface area contributed by atoms with Crippen LogP contribution in [-0.4, -0.2) is 44.2 Å². The Morgan fingerprint density at radius 1 is 0.875 bits per heavy atom. The van der Waals surface area contributed by atoms with Crippen molar-refractivity contribution in [2.45, 2.75) is 71.8 Å². The molecule has 0 spiro atoms. The maximum Gasteiger partial charge on any atom is 0.343 e. The molecular formula is C35H46N2O3. The van der Waals surface area contributed by atoms with Gasteiger partial charge in [-0.15, -0.1) is 0 Å². The standard InChI is InChI=1S/C35H46N2O3/c1-24-23-36(8)20-19-31(24)37(26-13-11-10-12-14-26)27-17-15-25(16-18-27)33(38)40-32-29(34(2,3)4)21-28(39-9)22-30(32)35(5,6)7/h10-18,21-22,24,31H,19-20,23H2,1-9H3/t24-,31-/m0/s1. The summed E-state index contributed by atoms with van der Waals surface area (Å²) in [5, 5.41) is 0. The second kappa shape index (κ2) is 11.7. The fraction of sp³-hybridized carbons (Fsp3) is 0.457. The van der Waals surface area contributed by atoms with E-state index in [1.165, 1.54) is 5.69 Å². The molecule has 1 fully saturated rings. The molecule has 3 aromatic carbocycles. The highest BCUT2D eigenvalue weighted by atomic mass is 16.5. The van der Waals surface area contributed by atoms with Crippen molar-refractivity contribution >= 4 is 17.3 Å². The molecule has 2 atom stereocenters. The van der Waals surface area contributed by atoms with E-state index >= 15 is 0 Å². The van der Waals surface area contributed by atoms with E-state index in [9.17, 15) is 4.79 Å². The van der Waals surface area contributed by atoms with Gasteiger partial charge in [0.2, 0.25) is 0 Å². The summed E-state index contributed by atoms with van der Waals surface area (Å²) in [6.45, 7) is 17.2. The summed E-state index contributed by atoms with van der Waals surface area (Å²) in [6, 6.07) is 22.8. The molecular weight excluding hydrogens is 496 g/mol. The van der Waals surface area contributed by atoms with Gasteiger partial charge < -0.3 is 19.3 Å². The number of para-hydroxylation sites is 1. The number of ether oxygens (including phenoxy) is 2. The van der Waals surface area contributed by atoms with Crippen LogP contribution in [0.2, 0.25) is 0 Å². The molecule has 40 heavy (non-hydrogen) atoms. The third-order valence-corrected chi connectivity index (χ3v) is 7.92. The number of anilines is 2. The van der Waals surface area contributed by atoms with Crippen molar-refractivity contribution in [3.05, 3.63) is 83.4 Å². The van der Waals surface area contributed by atoms with Crippen molar-refractivity contribution in [3.8, 4) is 11.5 Å². The van der Waals surface area contributed by atoms with Gasteiger partial charge >= 0.3 is 5.97 Å². The van der Waals surface area contributed by atoms with Gasteiger partial charge in [0.25, 0.3) is 0 Å². The SMILES string of the molecule is COc1cc(C(C)(C)C)c(OC(=O)c2ccc(N(c3ccccc3)[C@H]3CCN(C)C[C@@H]3C)cc2)c(C(C)(C)C)c1. The largest absolute Gasteiger partial charge is 0.497 e. The van der Waals surface area contributed by atoms with Gasteiger partial charge in [0.15, 0.2) is 0 Å². The molecule has 0 bridgehead atoms. The number of piperidine rings is 1. The lowest BCUT2D eigenvalue weighted by atomic mass is 9.79. The Morgan fingerprint density at radius 3 is 1.93 bits per heavy atom. The Bertz CT molecular complexity index is 1270. The molecule has 0 aromatic heterocycles. The van der Waals surface area contributed by atoms with Crippen LogP contribution in [0.1, 0.15) is 76.4 Å². The Labute approximate surface area is 241 Å². The molecule has 3 aromatic rings. The molecule has 0 N–H and O–H groups in total. The van der Waals surface area contributed by atoms with Crippen LogP contribution < -0.4 is 14.4 Å². The monoisotopic (exact) mass is 542 g/mol. The third-order valence-electron chi connectivity index (χ3n) is 7.92. The minimum Gasteiger partial charge on any atom is -0.497 e. The van der Waals surface area contributed by atoms with Crippen LogP contribution >= 0.6 is 0 Å². The van der Waals surface area contributed by atoms with Gasteiger partial charge in [-0.25, -0.2) is 4.79 Å². The number of hydrogen-bond donors (Lipinski definition) is 0. The number of esters is 1. The maximum absolute atomic E-state index is 13.6. The Balaban J connectivity index is 1.68. The molecule has 5 nitrogen and oxygen atoms in total. The van der Waals surface area contributed by atoms with Gasteiger partial charge in [-0.05, 0) is 85.3 Å². The summed E-state index contributed by atoms with van der Waals surface area (Å²) in [7, 11) is 3.87. The van der Waals surface area contributed by atoms with E-state index in [0.29, 0.717) is 23.3 Å². The van der Waals surface area contributed by atoms with Crippen molar-refractivity contribution in [1.29, 1.82) is 0 Å². The summed E-state index contributed by atoms with van der Waals surface area (Å²) in [6.07, 6.45) is 1.08. The summed E-state index contributed by atoms with van der Waals surface area (Å²) in [4.78, 5) is 18.4. The summed E-state index contributed by atoms with van der Waals surface area (Å²) < 4.78 is 11.8. The lowest BCUT2D eigenvalue weighted by Gasteiger charge is -2.43. The number of methoxy groups -OCH3 is 1. The first-order chi connectivity index (χ1) is 18.8. The molecule has 0 aliphatic carbocycles. The quantitative estimate of drug-likeness (QED) is 0.233. The zero-order valence-corrected chi connectivity index (χ0v) is 25.7. The topological polar surface area (TPSA) is 42.0 Å². The zero-order valence-electron chi connectivity index (χ0n) is 25.7. The Morgan fingerprint density at radius 2 is 1.43 bits per heavy atom. The first-order valence-electron chi connectivity index (χ1n) is 14.4. The second-order valence-electron chi connectivity index (χ2n) is 13.3. The lowest BCUT2D eigenvalue weighted by molar-refractivity contribution is 0.0728. The van der Waals surface area contributed by atoms with Gasteiger partial charge in [0.05, 0.1) is 12.7 Å². The van der Waals surface area contributed by atoms with E-state index in [0.717, 1.165) is 42.1 Å². The van der Waals surface area contributed by atoms with Crippen molar-refractivity contribution in [2.75, 3.05) is 32.1 Å². The van der Waals surface area contributed by atoms with Gasteiger partial charge in [-0.3, -0.25) is 0 Å². The predicted octanol–water partition coefficient (Wildman–Crippen LogP) is 7.99. The highest BCUT2D eigenvalue weighted by Gasteiger charge is 2.32. The predicted molar refractivity (Wildman–Crippen MR) is 165 cm³/mol. The summed E-state index contributed by atoms with van der Waals surface area (Å²) >= 11 is 0. The third kappa shape index (κ3) is 6.52. The van der Waals surface area contributed by atoms with E-state index < -0.39 is 0 Å². The zero-order chi connectivity index (χ0) is 29.2. The van der Waals surface area contributed by atoms with Gasteiger partial charge in [-0.1, -0.05) is 66.7 Å². The molecule has 0 unspecified atom stereocenters. The smallest absolute Gasteiger partial charge is 0.343 e. The normalized spacial score (nSPS) is 18.3. The fourth-order valence-electron chi connectivity index (χ4n) is 5.70. The van der Waals surface area contributed by atoms with Gasteiger partial charge in [-0.2, -0.15) is 0 Å². The molecule has 1 saturated heterocycles. The number of benzene rings is 3. The van der Waals surface area contributed by atoms with Crippen LogP contribution in [0.4, 0.5) is 11.4 Å². The average molecular weight is 543 g/mol.